The summed E-state index contributed by atoms with van der Waals surface area (Å²) < 4.78 is 10.8. The van der Waals surface area contributed by atoms with Crippen LogP contribution in [0.2, 0.25) is 0 Å². The Morgan fingerprint density at radius 1 is 1.09 bits per heavy atom. The van der Waals surface area contributed by atoms with Gasteiger partial charge in [0.1, 0.15) is 0 Å². The number of carbonyl (C=O) groups is 2. The van der Waals surface area contributed by atoms with Crippen LogP contribution in [0.25, 0.3) is 11.5 Å². The van der Waals surface area contributed by atoms with Crippen molar-refractivity contribution < 1.29 is 23.7 Å². The Morgan fingerprint density at radius 2 is 1.79 bits per heavy atom. The van der Waals surface area contributed by atoms with Crippen LogP contribution < -0.4 is 5.32 Å². The molecule has 3 aromatic rings. The molecular weight excluding hydrogens is 440 g/mol. The summed E-state index contributed by atoms with van der Waals surface area (Å²) in [6.45, 7) is 3.41. The summed E-state index contributed by atoms with van der Waals surface area (Å²) in [5.41, 5.74) is 0.870. The lowest BCUT2D eigenvalue weighted by molar-refractivity contribution is -0.385. The Labute approximate surface area is 196 Å². The van der Waals surface area contributed by atoms with Gasteiger partial charge in [0.25, 0.3) is 5.69 Å². The van der Waals surface area contributed by atoms with Crippen molar-refractivity contribution in [1.82, 2.24) is 15.5 Å². The van der Waals surface area contributed by atoms with Crippen molar-refractivity contribution in [3.63, 3.8) is 0 Å². The number of rotatable bonds is 11. The summed E-state index contributed by atoms with van der Waals surface area (Å²) in [7, 11) is 0. The van der Waals surface area contributed by atoms with Gasteiger partial charge in [-0.15, -0.1) is 10.2 Å². The van der Waals surface area contributed by atoms with E-state index in [0.29, 0.717) is 24.6 Å². The molecule has 34 heavy (non-hydrogen) atoms. The molecule has 0 spiro atoms. The molecule has 1 aromatic heterocycles. The Hall–Kier alpha value is -4.08. The van der Waals surface area contributed by atoms with Gasteiger partial charge in [-0.25, -0.2) is 0 Å². The second-order valence-corrected chi connectivity index (χ2v) is 7.90. The minimum absolute atomic E-state index is 0.111. The van der Waals surface area contributed by atoms with E-state index in [0.717, 1.165) is 5.56 Å². The zero-order valence-electron chi connectivity index (χ0n) is 19.0. The maximum Gasteiger partial charge on any atom is 0.308 e. The molecule has 0 aliphatic heterocycles. The van der Waals surface area contributed by atoms with Gasteiger partial charge in [-0.1, -0.05) is 36.4 Å². The normalized spacial score (nSPS) is 11.7. The van der Waals surface area contributed by atoms with Crippen LogP contribution in [0, 0.1) is 10.1 Å². The van der Waals surface area contributed by atoms with Gasteiger partial charge in [0, 0.05) is 24.5 Å². The fourth-order valence-corrected chi connectivity index (χ4v) is 3.38. The second kappa shape index (κ2) is 11.7. The van der Waals surface area contributed by atoms with Crippen LogP contribution in [0.4, 0.5) is 5.69 Å². The van der Waals surface area contributed by atoms with Gasteiger partial charge in [0.05, 0.1) is 29.1 Å². The van der Waals surface area contributed by atoms with E-state index >= 15 is 0 Å². The van der Waals surface area contributed by atoms with E-state index in [2.05, 4.69) is 15.5 Å². The van der Waals surface area contributed by atoms with E-state index in [1.807, 2.05) is 30.3 Å². The number of carbonyl (C=O) groups excluding carboxylic acids is 2. The molecule has 0 saturated carbocycles. The van der Waals surface area contributed by atoms with Crippen molar-refractivity contribution in [2.45, 2.75) is 51.7 Å². The lowest BCUT2D eigenvalue weighted by Gasteiger charge is -2.19. The van der Waals surface area contributed by atoms with Gasteiger partial charge < -0.3 is 14.5 Å². The topological polar surface area (TPSA) is 137 Å². The molecule has 0 fully saturated rings. The highest BCUT2D eigenvalue weighted by Gasteiger charge is 2.26. The first-order valence-electron chi connectivity index (χ1n) is 10.9. The maximum absolute atomic E-state index is 12.6. The number of para-hydroxylation sites is 1. The maximum atomic E-state index is 12.6. The Balaban J connectivity index is 1.62. The van der Waals surface area contributed by atoms with Crippen LogP contribution in [0.15, 0.2) is 59.0 Å². The summed E-state index contributed by atoms with van der Waals surface area (Å²) in [6.07, 6.45) is 0.351. The van der Waals surface area contributed by atoms with Crippen LogP contribution in [-0.4, -0.2) is 33.1 Å². The largest absolute Gasteiger partial charge is 0.463 e. The first kappa shape index (κ1) is 24.6. The lowest BCUT2D eigenvalue weighted by Crippen LogP contribution is -2.31. The summed E-state index contributed by atoms with van der Waals surface area (Å²) in [4.78, 5) is 35.8. The molecule has 0 saturated heterocycles. The number of benzene rings is 2. The van der Waals surface area contributed by atoms with Crippen LogP contribution in [0.3, 0.4) is 0 Å². The zero-order valence-corrected chi connectivity index (χ0v) is 19.0. The summed E-state index contributed by atoms with van der Waals surface area (Å²) in [5.74, 6) is -0.108. The zero-order chi connectivity index (χ0) is 24.5. The first-order chi connectivity index (χ1) is 16.3. The monoisotopic (exact) mass is 466 g/mol. The van der Waals surface area contributed by atoms with Crippen LogP contribution >= 0.6 is 0 Å². The van der Waals surface area contributed by atoms with Gasteiger partial charge in [0.2, 0.25) is 17.7 Å². The van der Waals surface area contributed by atoms with Gasteiger partial charge in [-0.2, -0.15) is 0 Å². The average molecular weight is 466 g/mol. The van der Waals surface area contributed by atoms with E-state index in [9.17, 15) is 19.7 Å². The fraction of sp³-hybridized carbons (Fsp3) is 0.333. The molecule has 0 aliphatic rings. The number of aromatic nitrogens is 2. The molecule has 1 unspecified atom stereocenters. The number of hydrogen-bond donors (Lipinski definition) is 1. The van der Waals surface area contributed by atoms with Crippen molar-refractivity contribution in [1.29, 1.82) is 0 Å². The molecule has 1 N–H and O–H groups in total. The molecule has 1 amide bonds. The Morgan fingerprint density at radius 3 is 2.50 bits per heavy atom. The molecule has 0 aliphatic carbocycles. The molecule has 0 radical (unpaired) electrons. The van der Waals surface area contributed by atoms with Crippen molar-refractivity contribution in [2.75, 3.05) is 0 Å². The molecule has 2 aromatic carbocycles. The van der Waals surface area contributed by atoms with Gasteiger partial charge >= 0.3 is 5.97 Å². The molecule has 1 heterocycles. The molecule has 3 rings (SSSR count). The third-order valence-electron chi connectivity index (χ3n) is 4.86. The Bertz CT molecular complexity index is 1130. The Kier molecular flexibility index (Phi) is 8.44. The van der Waals surface area contributed by atoms with Gasteiger partial charge in [0.15, 0.2) is 0 Å². The van der Waals surface area contributed by atoms with E-state index in [1.165, 1.54) is 18.2 Å². The van der Waals surface area contributed by atoms with E-state index in [4.69, 9.17) is 9.15 Å². The second-order valence-electron chi connectivity index (χ2n) is 7.90. The third kappa shape index (κ3) is 6.96. The quantitative estimate of drug-likeness (QED) is 0.252. The summed E-state index contributed by atoms with van der Waals surface area (Å²) >= 11 is 0. The number of ether oxygens (including phenoxy) is 1. The van der Waals surface area contributed by atoms with Crippen molar-refractivity contribution in [3.8, 4) is 11.5 Å². The highest BCUT2D eigenvalue weighted by molar-refractivity contribution is 5.78. The first-order valence-corrected chi connectivity index (χ1v) is 10.9. The van der Waals surface area contributed by atoms with Crippen molar-refractivity contribution >= 4 is 17.6 Å². The SMILES string of the molecule is CC(C)OC(=O)CC(NC(=O)CCCc1nnc(-c2ccccc2)o1)c1ccccc1[N+](=O)[O-]. The molecule has 178 valence electrons. The predicted octanol–water partition coefficient (Wildman–Crippen LogP) is 4.17. The number of nitro groups is 1. The van der Waals surface area contributed by atoms with Crippen LogP contribution in [0.5, 0.6) is 0 Å². The van der Waals surface area contributed by atoms with Crippen LogP contribution in [0.1, 0.15) is 50.6 Å². The molecule has 10 nitrogen and oxygen atoms in total. The van der Waals surface area contributed by atoms with E-state index in [1.54, 1.807) is 19.9 Å². The number of hydrogen-bond acceptors (Lipinski definition) is 8. The van der Waals surface area contributed by atoms with Gasteiger partial charge in [-0.3, -0.25) is 19.7 Å². The number of nitro benzene ring substituents is 1. The van der Waals surface area contributed by atoms with Gasteiger partial charge in [-0.05, 0) is 32.4 Å². The standard InChI is InChI=1S/C24H26N4O6/c1-16(2)33-23(30)15-19(18-11-6-7-12-20(18)28(31)32)25-21(29)13-8-14-22-26-27-24(34-22)17-9-4-3-5-10-17/h3-7,9-12,16,19H,8,13-15H2,1-2H3,(H,25,29). The van der Waals surface area contributed by atoms with E-state index in [-0.39, 0.29) is 36.1 Å². The average Bonchev–Trinajstić information content (AvgIpc) is 3.27. The molecule has 10 heteroatoms. The highest BCUT2D eigenvalue weighted by atomic mass is 16.6. The minimum atomic E-state index is -0.895. The van der Waals surface area contributed by atoms with Crippen LogP contribution in [-0.2, 0) is 20.7 Å². The van der Waals surface area contributed by atoms with E-state index < -0.39 is 16.9 Å². The summed E-state index contributed by atoms with van der Waals surface area (Å²) in [5, 5.41) is 22.2. The summed E-state index contributed by atoms with van der Waals surface area (Å²) in [6, 6.07) is 14.5. The molecular formula is C24H26N4O6. The van der Waals surface area contributed by atoms with Crippen molar-refractivity contribution in [3.05, 3.63) is 76.2 Å². The number of nitrogens with one attached hydrogen (secondary N) is 1. The minimum Gasteiger partial charge on any atom is -0.463 e. The number of aryl methyl sites for hydroxylation is 1. The molecule has 0 bridgehead atoms. The van der Waals surface area contributed by atoms with Crippen molar-refractivity contribution in [2.24, 2.45) is 0 Å². The smallest absolute Gasteiger partial charge is 0.308 e. The fourth-order valence-electron chi connectivity index (χ4n) is 3.38. The molecule has 1 atom stereocenters. The lowest BCUT2D eigenvalue weighted by atomic mass is 10.0. The number of nitrogens with zero attached hydrogens (tertiary/aromatic N) is 3. The highest BCUT2D eigenvalue weighted by Crippen LogP contribution is 2.28. The number of amides is 1. The predicted molar refractivity (Wildman–Crippen MR) is 122 cm³/mol. The number of esters is 1. The third-order valence-corrected chi connectivity index (χ3v) is 4.86.